The van der Waals surface area contributed by atoms with E-state index in [1.165, 1.54) is 24.3 Å². The summed E-state index contributed by atoms with van der Waals surface area (Å²) in [6, 6.07) is 9.77. The maximum absolute atomic E-state index is 12.5. The smallest absolute Gasteiger partial charge is 0.366 e. The predicted molar refractivity (Wildman–Crippen MR) is 97.3 cm³/mol. The molecule has 0 atom stereocenters. The number of halogens is 4. The molecule has 2 rings (SSSR count). The second-order valence-corrected chi connectivity index (χ2v) is 5.33. The number of nitrogens with two attached hydrogens (primary N) is 1. The first-order valence-corrected chi connectivity index (χ1v) is 7.27. The Bertz CT molecular complexity index is 809. The van der Waals surface area contributed by atoms with E-state index in [0.717, 1.165) is 24.3 Å². The number of carbonyl (C=O) groups excluding carboxylic acids is 2. The van der Waals surface area contributed by atoms with Crippen molar-refractivity contribution in [2.75, 3.05) is 5.32 Å². The summed E-state index contributed by atoms with van der Waals surface area (Å²) in [5, 5.41) is 5.02. The van der Waals surface area contributed by atoms with Crippen LogP contribution >= 0.6 is 24.6 Å². The fourth-order valence-corrected chi connectivity index (χ4v) is 2.08. The number of benzene rings is 2. The van der Waals surface area contributed by atoms with Gasteiger partial charge in [-0.25, -0.2) is 0 Å². The van der Waals surface area contributed by atoms with Gasteiger partial charge in [0.15, 0.2) is 5.11 Å². The lowest BCUT2D eigenvalue weighted by Gasteiger charge is -2.11. The fraction of sp³-hybridized carbons (Fsp3) is 0.0625. The van der Waals surface area contributed by atoms with Crippen LogP contribution in [0.1, 0.15) is 26.3 Å². The van der Waals surface area contributed by atoms with Crippen LogP contribution < -0.4 is 16.4 Å². The molecule has 5 nitrogen and oxygen atoms in total. The number of thiocarbonyl (C=S) groups is 1. The van der Waals surface area contributed by atoms with E-state index in [-0.39, 0.29) is 23.1 Å². The molecule has 0 bridgehead atoms. The van der Waals surface area contributed by atoms with Gasteiger partial charge in [0.2, 0.25) is 5.91 Å². The van der Waals surface area contributed by atoms with E-state index in [1.807, 2.05) is 0 Å². The van der Waals surface area contributed by atoms with Crippen LogP contribution in [-0.4, -0.2) is 16.9 Å². The Labute approximate surface area is 158 Å². The second-order valence-electron chi connectivity index (χ2n) is 4.92. The van der Waals surface area contributed by atoms with E-state index in [1.54, 1.807) is 0 Å². The zero-order valence-electron chi connectivity index (χ0n) is 13.0. The molecule has 10 heteroatoms. The van der Waals surface area contributed by atoms with Gasteiger partial charge >= 0.3 is 6.18 Å². The quantitative estimate of drug-likeness (QED) is 0.686. The first-order chi connectivity index (χ1) is 11.7. The average Bonchev–Trinajstić information content (AvgIpc) is 2.54. The van der Waals surface area contributed by atoms with Crippen molar-refractivity contribution in [1.29, 1.82) is 0 Å². The highest BCUT2D eigenvalue weighted by atomic mass is 35.5. The van der Waals surface area contributed by atoms with Crippen LogP contribution in [0.4, 0.5) is 18.9 Å². The van der Waals surface area contributed by atoms with E-state index in [0.29, 0.717) is 11.3 Å². The Balaban J connectivity index is 0.00000338. The van der Waals surface area contributed by atoms with Gasteiger partial charge in [-0.05, 0) is 60.7 Å². The molecule has 0 aliphatic heterocycles. The number of hydrogen-bond acceptors (Lipinski definition) is 3. The first kappa shape index (κ1) is 21.4. The maximum Gasteiger partial charge on any atom is 0.416 e. The Hall–Kier alpha value is -2.65. The van der Waals surface area contributed by atoms with Crippen LogP contribution in [0, 0.1) is 0 Å². The van der Waals surface area contributed by atoms with Crippen LogP contribution in [-0.2, 0) is 6.18 Å². The van der Waals surface area contributed by atoms with Gasteiger partial charge in [0.1, 0.15) is 0 Å². The predicted octanol–water partition coefficient (Wildman–Crippen LogP) is 3.35. The van der Waals surface area contributed by atoms with Gasteiger partial charge in [0, 0.05) is 16.8 Å². The van der Waals surface area contributed by atoms with Crippen LogP contribution in [0.5, 0.6) is 0 Å². The van der Waals surface area contributed by atoms with Crippen molar-refractivity contribution >= 4 is 47.2 Å². The number of primary amides is 1. The standard InChI is InChI=1S/C16H12F3N3O2S.ClH/c17-16(18,19)11-5-1-10(2-6-11)14(24)22-15(25)21-12-7-3-9(4-8-12)13(20)23;/h1-8H,(H2,20,23)(H2,21,22,24,25);1H. The molecule has 0 saturated heterocycles. The summed E-state index contributed by atoms with van der Waals surface area (Å²) in [4.78, 5) is 22.9. The van der Waals surface area contributed by atoms with E-state index in [4.69, 9.17) is 18.0 Å². The molecule has 4 N–H and O–H groups in total. The van der Waals surface area contributed by atoms with Crippen molar-refractivity contribution in [2.45, 2.75) is 6.18 Å². The summed E-state index contributed by atoms with van der Waals surface area (Å²) in [5.41, 5.74) is 5.11. The molecule has 26 heavy (non-hydrogen) atoms. The summed E-state index contributed by atoms with van der Waals surface area (Å²) >= 11 is 4.97. The van der Waals surface area contributed by atoms with Crippen LogP contribution in [0.25, 0.3) is 0 Å². The number of nitrogens with one attached hydrogen (secondary N) is 2. The van der Waals surface area contributed by atoms with E-state index < -0.39 is 23.6 Å². The molecule has 0 spiro atoms. The minimum Gasteiger partial charge on any atom is -0.366 e. The lowest BCUT2D eigenvalue weighted by Crippen LogP contribution is -2.34. The van der Waals surface area contributed by atoms with Gasteiger partial charge < -0.3 is 11.1 Å². The van der Waals surface area contributed by atoms with Gasteiger partial charge in [0.05, 0.1) is 5.56 Å². The van der Waals surface area contributed by atoms with Crippen molar-refractivity contribution in [3.63, 3.8) is 0 Å². The average molecular weight is 404 g/mol. The maximum atomic E-state index is 12.5. The van der Waals surface area contributed by atoms with Gasteiger partial charge in [-0.15, -0.1) is 12.4 Å². The molecule has 0 aliphatic rings. The van der Waals surface area contributed by atoms with Crippen molar-refractivity contribution in [1.82, 2.24) is 5.32 Å². The van der Waals surface area contributed by atoms with Crippen LogP contribution in [0.3, 0.4) is 0 Å². The van der Waals surface area contributed by atoms with E-state index >= 15 is 0 Å². The molecule has 2 aromatic carbocycles. The fourth-order valence-electron chi connectivity index (χ4n) is 1.87. The monoisotopic (exact) mass is 403 g/mol. The van der Waals surface area contributed by atoms with Crippen molar-refractivity contribution in [2.24, 2.45) is 5.73 Å². The second kappa shape index (κ2) is 8.63. The lowest BCUT2D eigenvalue weighted by molar-refractivity contribution is -0.137. The molecular weight excluding hydrogens is 391 g/mol. The summed E-state index contributed by atoms with van der Waals surface area (Å²) in [5.74, 6) is -1.23. The molecule has 2 aromatic rings. The lowest BCUT2D eigenvalue weighted by atomic mass is 10.1. The molecule has 0 fully saturated rings. The number of hydrogen-bond donors (Lipinski definition) is 3. The molecule has 0 heterocycles. The van der Waals surface area contributed by atoms with E-state index in [2.05, 4.69) is 10.6 Å². The molecule has 0 unspecified atom stereocenters. The Kier molecular flexibility index (Phi) is 7.10. The van der Waals surface area contributed by atoms with Gasteiger partial charge in [-0.2, -0.15) is 13.2 Å². The molecule has 0 aliphatic carbocycles. The Morgan fingerprint density at radius 3 is 1.88 bits per heavy atom. The summed E-state index contributed by atoms with van der Waals surface area (Å²) in [6.45, 7) is 0. The molecular formula is C16H13ClF3N3O2S. The molecule has 0 saturated carbocycles. The number of alkyl halides is 3. The van der Waals surface area contributed by atoms with Gasteiger partial charge in [0.25, 0.3) is 5.91 Å². The highest BCUT2D eigenvalue weighted by Gasteiger charge is 2.30. The van der Waals surface area contributed by atoms with Crippen molar-refractivity contribution < 1.29 is 22.8 Å². The van der Waals surface area contributed by atoms with Gasteiger partial charge in [-0.1, -0.05) is 0 Å². The first-order valence-electron chi connectivity index (χ1n) is 6.86. The third kappa shape index (κ3) is 5.71. The number of amides is 2. The third-order valence-corrected chi connectivity index (χ3v) is 3.33. The van der Waals surface area contributed by atoms with Gasteiger partial charge in [-0.3, -0.25) is 14.9 Å². The summed E-state index contributed by atoms with van der Waals surface area (Å²) < 4.78 is 37.5. The summed E-state index contributed by atoms with van der Waals surface area (Å²) in [6.07, 6.45) is -4.47. The number of carbonyl (C=O) groups is 2. The van der Waals surface area contributed by atoms with Crippen LogP contribution in [0.15, 0.2) is 48.5 Å². The molecule has 2 amide bonds. The van der Waals surface area contributed by atoms with E-state index in [9.17, 15) is 22.8 Å². The topological polar surface area (TPSA) is 84.2 Å². The Morgan fingerprint density at radius 2 is 1.42 bits per heavy atom. The SMILES string of the molecule is Cl.NC(=O)c1ccc(NC(=S)NC(=O)c2ccc(C(F)(F)F)cc2)cc1. The minimum atomic E-state index is -4.47. The highest BCUT2D eigenvalue weighted by molar-refractivity contribution is 7.80. The molecule has 0 radical (unpaired) electrons. The van der Waals surface area contributed by atoms with Crippen LogP contribution in [0.2, 0.25) is 0 Å². The highest BCUT2D eigenvalue weighted by Crippen LogP contribution is 2.29. The minimum absolute atomic E-state index is 0. The molecule has 0 aromatic heterocycles. The zero-order valence-corrected chi connectivity index (χ0v) is 14.6. The summed E-state index contributed by atoms with van der Waals surface area (Å²) in [7, 11) is 0. The Morgan fingerprint density at radius 1 is 0.923 bits per heavy atom. The number of anilines is 1. The van der Waals surface area contributed by atoms with Crippen molar-refractivity contribution in [3.05, 3.63) is 65.2 Å². The molecule has 138 valence electrons. The normalized spacial score (nSPS) is 10.4. The largest absolute Gasteiger partial charge is 0.416 e. The number of rotatable bonds is 3. The third-order valence-electron chi connectivity index (χ3n) is 3.13. The van der Waals surface area contributed by atoms with Crippen molar-refractivity contribution in [3.8, 4) is 0 Å². The zero-order chi connectivity index (χ0) is 18.6.